The molecule has 4 nitrogen and oxygen atoms in total. The van der Waals surface area contributed by atoms with Gasteiger partial charge in [-0.05, 0) is 45.9 Å². The Balaban J connectivity index is 2.40. The number of carbonyl (C=O) groups excluding carboxylic acids is 1. The Morgan fingerprint density at radius 1 is 1.24 bits per heavy atom. The molecule has 0 unspecified atom stereocenters. The van der Waals surface area contributed by atoms with Crippen LogP contribution in [0.3, 0.4) is 0 Å². The van der Waals surface area contributed by atoms with Crippen LogP contribution in [0.4, 0.5) is 0 Å². The Labute approximate surface area is 124 Å². The topological polar surface area (TPSA) is 55.0 Å². The van der Waals surface area contributed by atoms with E-state index in [4.69, 9.17) is 10.00 Å². The molecule has 0 bridgehead atoms. The van der Waals surface area contributed by atoms with Gasteiger partial charge >= 0.3 is 5.97 Å². The average molecular weight is 282 g/mol. The standard InChI is InChI=1S/C17H18N2O2/c1-11-5-7-15(8-6-11)19-12(2)9-16(14(19)4)17(20)21-13(3)10-18/h5-9,13H,1-4H3/t13-/m0/s1. The second kappa shape index (κ2) is 5.84. The predicted octanol–water partition coefficient (Wildman–Crippen LogP) is 3.47. The lowest BCUT2D eigenvalue weighted by atomic mass is 10.2. The zero-order chi connectivity index (χ0) is 15.6. The maximum absolute atomic E-state index is 12.1. The molecule has 1 aromatic heterocycles. The van der Waals surface area contributed by atoms with Crippen molar-refractivity contribution >= 4 is 5.97 Å². The fraction of sp³-hybridized carbons (Fsp3) is 0.294. The molecule has 4 heteroatoms. The van der Waals surface area contributed by atoms with Crippen LogP contribution < -0.4 is 0 Å². The zero-order valence-corrected chi connectivity index (χ0v) is 12.7. The highest BCUT2D eigenvalue weighted by molar-refractivity contribution is 5.91. The van der Waals surface area contributed by atoms with E-state index < -0.39 is 12.1 Å². The molecule has 108 valence electrons. The Bertz CT molecular complexity index is 706. The molecule has 0 N–H and O–H groups in total. The minimum absolute atomic E-state index is 0.462. The van der Waals surface area contributed by atoms with Crippen molar-refractivity contribution in [2.75, 3.05) is 0 Å². The second-order valence-corrected chi connectivity index (χ2v) is 5.13. The van der Waals surface area contributed by atoms with E-state index in [0.29, 0.717) is 5.56 Å². The van der Waals surface area contributed by atoms with Gasteiger partial charge in [-0.15, -0.1) is 0 Å². The second-order valence-electron chi connectivity index (χ2n) is 5.13. The maximum Gasteiger partial charge on any atom is 0.341 e. The molecule has 1 aromatic carbocycles. The summed E-state index contributed by atoms with van der Waals surface area (Å²) in [4.78, 5) is 12.1. The van der Waals surface area contributed by atoms with Gasteiger partial charge in [-0.25, -0.2) is 4.79 Å². The van der Waals surface area contributed by atoms with Crippen molar-refractivity contribution in [2.24, 2.45) is 0 Å². The lowest BCUT2D eigenvalue weighted by Crippen LogP contribution is -2.13. The van der Waals surface area contributed by atoms with Gasteiger partial charge in [-0.2, -0.15) is 5.26 Å². The van der Waals surface area contributed by atoms with Gasteiger partial charge in [0.25, 0.3) is 0 Å². The molecule has 0 aliphatic carbocycles. The highest BCUT2D eigenvalue weighted by atomic mass is 16.5. The van der Waals surface area contributed by atoms with Crippen LogP contribution in [0.1, 0.15) is 34.2 Å². The van der Waals surface area contributed by atoms with Crippen LogP contribution in [0.5, 0.6) is 0 Å². The summed E-state index contributed by atoms with van der Waals surface area (Å²) >= 11 is 0. The molecule has 0 spiro atoms. The van der Waals surface area contributed by atoms with E-state index in [2.05, 4.69) is 0 Å². The molecule has 0 aliphatic heterocycles. The first-order valence-electron chi connectivity index (χ1n) is 6.80. The lowest BCUT2D eigenvalue weighted by Gasteiger charge is -2.10. The molecule has 1 heterocycles. The summed E-state index contributed by atoms with van der Waals surface area (Å²) in [7, 11) is 0. The molecule has 0 saturated carbocycles. The summed E-state index contributed by atoms with van der Waals surface area (Å²) in [5, 5.41) is 8.73. The molecule has 2 rings (SSSR count). The molecule has 0 saturated heterocycles. The Morgan fingerprint density at radius 3 is 2.43 bits per heavy atom. The fourth-order valence-corrected chi connectivity index (χ4v) is 2.31. The van der Waals surface area contributed by atoms with E-state index in [1.165, 1.54) is 5.56 Å². The van der Waals surface area contributed by atoms with E-state index in [-0.39, 0.29) is 0 Å². The van der Waals surface area contributed by atoms with Crippen LogP contribution in [0.15, 0.2) is 30.3 Å². The number of rotatable bonds is 3. The molecule has 0 radical (unpaired) electrons. The van der Waals surface area contributed by atoms with Crippen molar-refractivity contribution in [1.82, 2.24) is 4.57 Å². The number of hydrogen-bond donors (Lipinski definition) is 0. The monoisotopic (exact) mass is 282 g/mol. The Hall–Kier alpha value is -2.54. The van der Waals surface area contributed by atoms with Crippen LogP contribution in [-0.4, -0.2) is 16.6 Å². The van der Waals surface area contributed by atoms with Crippen LogP contribution >= 0.6 is 0 Å². The molecule has 1 atom stereocenters. The van der Waals surface area contributed by atoms with Crippen molar-refractivity contribution in [3.8, 4) is 11.8 Å². The molecule has 2 aromatic rings. The molecular weight excluding hydrogens is 264 g/mol. The third kappa shape index (κ3) is 2.97. The third-order valence-electron chi connectivity index (χ3n) is 3.41. The first-order valence-corrected chi connectivity index (χ1v) is 6.80. The highest BCUT2D eigenvalue weighted by Gasteiger charge is 2.19. The highest BCUT2D eigenvalue weighted by Crippen LogP contribution is 2.22. The van der Waals surface area contributed by atoms with Crippen LogP contribution in [0.2, 0.25) is 0 Å². The van der Waals surface area contributed by atoms with E-state index >= 15 is 0 Å². The van der Waals surface area contributed by atoms with Crippen molar-refractivity contribution in [3.05, 3.63) is 52.8 Å². The van der Waals surface area contributed by atoms with Gasteiger partial charge in [-0.1, -0.05) is 17.7 Å². The third-order valence-corrected chi connectivity index (χ3v) is 3.41. The number of ether oxygens (including phenoxy) is 1. The number of benzene rings is 1. The summed E-state index contributed by atoms with van der Waals surface area (Å²) < 4.78 is 7.08. The van der Waals surface area contributed by atoms with Gasteiger partial charge in [0, 0.05) is 17.1 Å². The molecule has 0 amide bonds. The van der Waals surface area contributed by atoms with E-state index in [1.807, 2.05) is 55.7 Å². The van der Waals surface area contributed by atoms with Gasteiger partial charge in [0.05, 0.1) is 5.56 Å². The van der Waals surface area contributed by atoms with E-state index in [1.54, 1.807) is 13.0 Å². The minimum atomic E-state index is -0.750. The quantitative estimate of drug-likeness (QED) is 0.810. The number of aromatic nitrogens is 1. The summed E-state index contributed by atoms with van der Waals surface area (Å²) in [6.45, 7) is 7.40. The van der Waals surface area contributed by atoms with E-state index in [0.717, 1.165) is 17.1 Å². The van der Waals surface area contributed by atoms with Crippen molar-refractivity contribution in [3.63, 3.8) is 0 Å². The van der Waals surface area contributed by atoms with Gasteiger partial charge in [0.2, 0.25) is 0 Å². The van der Waals surface area contributed by atoms with Gasteiger partial charge < -0.3 is 9.30 Å². The van der Waals surface area contributed by atoms with Crippen molar-refractivity contribution in [2.45, 2.75) is 33.8 Å². The van der Waals surface area contributed by atoms with Gasteiger partial charge in [-0.3, -0.25) is 0 Å². The molecule has 21 heavy (non-hydrogen) atoms. The number of hydrogen-bond acceptors (Lipinski definition) is 3. The lowest BCUT2D eigenvalue weighted by molar-refractivity contribution is 0.0434. The zero-order valence-electron chi connectivity index (χ0n) is 12.7. The number of nitriles is 1. The number of esters is 1. The maximum atomic E-state index is 12.1. The average Bonchev–Trinajstić information content (AvgIpc) is 2.75. The van der Waals surface area contributed by atoms with Crippen LogP contribution in [0.25, 0.3) is 5.69 Å². The number of carbonyl (C=O) groups is 1. The van der Waals surface area contributed by atoms with Crippen molar-refractivity contribution < 1.29 is 9.53 Å². The summed E-state index contributed by atoms with van der Waals surface area (Å²) in [5.41, 5.74) is 4.45. The summed E-state index contributed by atoms with van der Waals surface area (Å²) in [6, 6.07) is 11.8. The first kappa shape index (κ1) is 14.9. The molecular formula is C17H18N2O2. The fourth-order valence-electron chi connectivity index (χ4n) is 2.31. The number of nitrogens with zero attached hydrogens (tertiary/aromatic N) is 2. The van der Waals surface area contributed by atoms with E-state index in [9.17, 15) is 4.79 Å². The normalized spacial score (nSPS) is 11.8. The predicted molar refractivity (Wildman–Crippen MR) is 80.5 cm³/mol. The SMILES string of the molecule is Cc1ccc(-n2c(C)cc(C(=O)O[C@@H](C)C#N)c2C)cc1. The Morgan fingerprint density at radius 2 is 1.86 bits per heavy atom. The smallest absolute Gasteiger partial charge is 0.341 e. The van der Waals surface area contributed by atoms with Gasteiger partial charge in [0.1, 0.15) is 6.07 Å². The van der Waals surface area contributed by atoms with Gasteiger partial charge in [0.15, 0.2) is 6.10 Å². The summed E-state index contributed by atoms with van der Waals surface area (Å²) in [6.07, 6.45) is -0.750. The molecule has 0 fully saturated rings. The minimum Gasteiger partial charge on any atom is -0.444 e. The van der Waals surface area contributed by atoms with Crippen LogP contribution in [-0.2, 0) is 4.74 Å². The number of aryl methyl sites for hydroxylation is 2. The van der Waals surface area contributed by atoms with Crippen molar-refractivity contribution in [1.29, 1.82) is 5.26 Å². The Kier molecular flexibility index (Phi) is 4.13. The molecule has 0 aliphatic rings. The largest absolute Gasteiger partial charge is 0.444 e. The summed E-state index contributed by atoms with van der Waals surface area (Å²) in [5.74, 6) is -0.462. The first-order chi connectivity index (χ1) is 9.93. The van der Waals surface area contributed by atoms with Crippen LogP contribution in [0, 0.1) is 32.1 Å².